The van der Waals surface area contributed by atoms with E-state index in [1.807, 2.05) is 61.5 Å². The lowest BCUT2D eigenvalue weighted by atomic mass is 9.96. The van der Waals surface area contributed by atoms with Crippen LogP contribution in [0.4, 0.5) is 5.82 Å². The third-order valence-electron chi connectivity index (χ3n) is 7.70. The smallest absolute Gasteiger partial charge is 0.252 e. The van der Waals surface area contributed by atoms with E-state index in [4.69, 9.17) is 16.3 Å². The van der Waals surface area contributed by atoms with Crippen LogP contribution in [0.3, 0.4) is 0 Å². The third-order valence-corrected chi connectivity index (χ3v) is 7.96. The van der Waals surface area contributed by atoms with Gasteiger partial charge in [-0.25, -0.2) is 4.98 Å². The Morgan fingerprint density at radius 2 is 1.76 bits per heavy atom. The summed E-state index contributed by atoms with van der Waals surface area (Å²) in [5.41, 5.74) is 3.18. The minimum absolute atomic E-state index is 0.0520. The molecule has 7 nitrogen and oxygen atoms in total. The number of fused-ring (bicyclic) bond motifs is 2. The Morgan fingerprint density at radius 1 is 1.03 bits per heavy atom. The highest BCUT2D eigenvalue weighted by molar-refractivity contribution is 6.30. The van der Waals surface area contributed by atoms with Crippen molar-refractivity contribution in [3.05, 3.63) is 88.1 Å². The van der Waals surface area contributed by atoms with Crippen LogP contribution in [0.2, 0.25) is 5.02 Å². The van der Waals surface area contributed by atoms with Crippen molar-refractivity contribution in [2.75, 3.05) is 18.6 Å². The second kappa shape index (κ2) is 11.4. The van der Waals surface area contributed by atoms with Crippen molar-refractivity contribution in [1.29, 1.82) is 0 Å². The molecule has 0 saturated carbocycles. The number of hydrogen-bond acceptors (Lipinski definition) is 5. The Kier molecular flexibility index (Phi) is 7.84. The summed E-state index contributed by atoms with van der Waals surface area (Å²) in [6, 6.07) is 17.7. The van der Waals surface area contributed by atoms with Crippen molar-refractivity contribution >= 4 is 29.2 Å². The van der Waals surface area contributed by atoms with E-state index in [1.54, 1.807) is 13.3 Å². The molecule has 0 radical (unpaired) electrons. The Labute approximate surface area is 228 Å². The van der Waals surface area contributed by atoms with Crippen molar-refractivity contribution in [3.8, 4) is 5.75 Å². The Morgan fingerprint density at radius 3 is 2.42 bits per heavy atom. The molecular weight excluding hydrogens is 500 g/mol. The van der Waals surface area contributed by atoms with Crippen LogP contribution in [0.5, 0.6) is 5.75 Å². The first-order chi connectivity index (χ1) is 18.4. The second-order valence-electron chi connectivity index (χ2n) is 10.1. The number of hydrogen-bond donors (Lipinski definition) is 2. The molecule has 2 unspecified atom stereocenters. The molecule has 2 N–H and O–H groups in total. The number of benzene rings is 2. The lowest BCUT2D eigenvalue weighted by Gasteiger charge is -2.40. The molecule has 2 bridgehead atoms. The first-order valence-corrected chi connectivity index (χ1v) is 13.5. The Balaban J connectivity index is 1.16. The summed E-state index contributed by atoms with van der Waals surface area (Å²) in [6.07, 6.45) is 6.29. The number of carbonyl (C=O) groups is 2. The number of methoxy groups -OCH3 is 1. The highest BCUT2D eigenvalue weighted by Gasteiger charge is 2.42. The summed E-state index contributed by atoms with van der Waals surface area (Å²) in [5, 5.41) is 6.93. The molecule has 2 aliphatic rings. The fourth-order valence-corrected chi connectivity index (χ4v) is 5.89. The van der Waals surface area contributed by atoms with E-state index in [0.717, 1.165) is 54.8 Å². The molecule has 3 heterocycles. The predicted molar refractivity (Wildman–Crippen MR) is 149 cm³/mol. The molecule has 8 heteroatoms. The van der Waals surface area contributed by atoms with Crippen molar-refractivity contribution in [2.45, 2.75) is 57.2 Å². The van der Waals surface area contributed by atoms with Gasteiger partial charge in [0.15, 0.2) is 0 Å². The molecule has 2 aromatic carbocycles. The molecule has 2 atom stereocenters. The van der Waals surface area contributed by atoms with E-state index in [-0.39, 0.29) is 17.9 Å². The molecule has 2 aliphatic heterocycles. The average Bonchev–Trinajstić information content (AvgIpc) is 3.19. The summed E-state index contributed by atoms with van der Waals surface area (Å²) in [7, 11) is 1.62. The maximum atomic E-state index is 13.0. The van der Waals surface area contributed by atoms with E-state index < -0.39 is 0 Å². The summed E-state index contributed by atoms with van der Waals surface area (Å²) in [4.78, 5) is 32.7. The summed E-state index contributed by atoms with van der Waals surface area (Å²) >= 11 is 5.93. The van der Waals surface area contributed by atoms with E-state index in [0.29, 0.717) is 34.8 Å². The lowest BCUT2D eigenvalue weighted by molar-refractivity contribution is 0.0924. The normalized spacial score (nSPS) is 20.2. The zero-order chi connectivity index (χ0) is 26.6. The van der Waals surface area contributed by atoms with E-state index in [2.05, 4.69) is 20.5 Å². The molecule has 0 aliphatic carbocycles. The molecule has 2 fully saturated rings. The SMILES string of the molecule is COc1cccc(C(=O)NC2CC3CCC(C2)N3c2ccc(C(=O)NCCc3ccc(Cl)cc3)cn2)c1C. The number of pyridine rings is 1. The second-order valence-corrected chi connectivity index (χ2v) is 10.5. The number of anilines is 1. The van der Waals surface area contributed by atoms with Gasteiger partial charge in [0.2, 0.25) is 0 Å². The molecule has 3 aromatic rings. The monoisotopic (exact) mass is 532 g/mol. The lowest BCUT2D eigenvalue weighted by Crippen LogP contribution is -2.50. The summed E-state index contributed by atoms with van der Waals surface area (Å²) in [6.45, 7) is 2.45. The van der Waals surface area contributed by atoms with Gasteiger partial charge in [-0.15, -0.1) is 0 Å². The van der Waals surface area contributed by atoms with Crippen LogP contribution in [0.25, 0.3) is 0 Å². The van der Waals surface area contributed by atoms with Crippen LogP contribution < -0.4 is 20.3 Å². The Bertz CT molecular complexity index is 1280. The molecule has 198 valence electrons. The first kappa shape index (κ1) is 26.0. The molecule has 5 rings (SSSR count). The van der Waals surface area contributed by atoms with Gasteiger partial charge in [0, 0.05) is 47.0 Å². The number of ether oxygens (including phenoxy) is 1. The van der Waals surface area contributed by atoms with Crippen molar-refractivity contribution < 1.29 is 14.3 Å². The van der Waals surface area contributed by atoms with Crippen LogP contribution in [-0.2, 0) is 6.42 Å². The van der Waals surface area contributed by atoms with Crippen LogP contribution in [0, 0.1) is 6.92 Å². The average molecular weight is 533 g/mol. The molecule has 38 heavy (non-hydrogen) atoms. The molecule has 2 amide bonds. The number of rotatable bonds is 8. The van der Waals surface area contributed by atoms with Gasteiger partial charge in [-0.2, -0.15) is 0 Å². The van der Waals surface area contributed by atoms with Gasteiger partial charge < -0.3 is 20.3 Å². The van der Waals surface area contributed by atoms with Crippen molar-refractivity contribution in [3.63, 3.8) is 0 Å². The van der Waals surface area contributed by atoms with Gasteiger partial charge in [0.25, 0.3) is 11.8 Å². The number of nitrogens with zero attached hydrogens (tertiary/aromatic N) is 2. The molecule has 0 spiro atoms. The Hall–Kier alpha value is -3.58. The number of amides is 2. The van der Waals surface area contributed by atoms with E-state index >= 15 is 0 Å². The maximum absolute atomic E-state index is 13.0. The topological polar surface area (TPSA) is 83.6 Å². The van der Waals surface area contributed by atoms with Gasteiger partial charge in [0.05, 0.1) is 12.7 Å². The van der Waals surface area contributed by atoms with Crippen LogP contribution >= 0.6 is 11.6 Å². The van der Waals surface area contributed by atoms with E-state index in [1.165, 1.54) is 0 Å². The van der Waals surface area contributed by atoms with Crippen LogP contribution in [0.1, 0.15) is 57.5 Å². The fourth-order valence-electron chi connectivity index (χ4n) is 5.76. The quantitative estimate of drug-likeness (QED) is 0.428. The van der Waals surface area contributed by atoms with Crippen LogP contribution in [-0.4, -0.2) is 48.6 Å². The summed E-state index contributed by atoms with van der Waals surface area (Å²) < 4.78 is 5.37. The molecule has 1 aromatic heterocycles. The van der Waals surface area contributed by atoms with Gasteiger partial charge >= 0.3 is 0 Å². The minimum atomic E-state index is -0.129. The first-order valence-electron chi connectivity index (χ1n) is 13.1. The van der Waals surface area contributed by atoms with Gasteiger partial charge in [0.1, 0.15) is 11.6 Å². The molecular formula is C30H33ClN4O3. The van der Waals surface area contributed by atoms with Gasteiger partial charge in [-0.1, -0.05) is 29.8 Å². The zero-order valence-electron chi connectivity index (χ0n) is 21.7. The largest absolute Gasteiger partial charge is 0.496 e. The highest BCUT2D eigenvalue weighted by atomic mass is 35.5. The zero-order valence-corrected chi connectivity index (χ0v) is 22.5. The fraction of sp³-hybridized carbons (Fsp3) is 0.367. The number of nitrogens with one attached hydrogen (secondary N) is 2. The van der Waals surface area contributed by atoms with Gasteiger partial charge in [-0.05, 0) is 81.0 Å². The number of carbonyl (C=O) groups excluding carboxylic acids is 2. The molecule has 2 saturated heterocycles. The maximum Gasteiger partial charge on any atom is 0.252 e. The highest BCUT2D eigenvalue weighted by Crippen LogP contribution is 2.38. The standard InChI is InChI=1S/C30H33ClN4O3/c1-19-26(4-3-5-27(19)38-2)30(37)34-23-16-24-11-12-25(17-23)35(24)28-13-8-21(18-33-28)29(36)32-15-14-20-6-9-22(31)10-7-20/h3-10,13,18,23-25H,11-12,14-17H2,1-2H3,(H,32,36)(H,34,37). The van der Waals surface area contributed by atoms with Crippen molar-refractivity contribution in [1.82, 2.24) is 15.6 Å². The minimum Gasteiger partial charge on any atom is -0.496 e. The number of piperidine rings is 1. The number of halogens is 1. The summed E-state index contributed by atoms with van der Waals surface area (Å²) in [5.74, 6) is 1.43. The van der Waals surface area contributed by atoms with Crippen molar-refractivity contribution in [2.24, 2.45) is 0 Å². The van der Waals surface area contributed by atoms with E-state index in [9.17, 15) is 9.59 Å². The van der Waals surface area contributed by atoms with Gasteiger partial charge in [-0.3, -0.25) is 9.59 Å². The third kappa shape index (κ3) is 5.63. The predicted octanol–water partition coefficient (Wildman–Crippen LogP) is 4.95. The van der Waals surface area contributed by atoms with Crippen LogP contribution in [0.15, 0.2) is 60.8 Å². The number of aromatic nitrogens is 1.